The highest BCUT2D eigenvalue weighted by molar-refractivity contribution is 8.00. The fourth-order valence-electron chi connectivity index (χ4n) is 2.68. The third-order valence-electron chi connectivity index (χ3n) is 4.00. The van der Waals surface area contributed by atoms with Gasteiger partial charge in [-0.15, -0.1) is 0 Å². The van der Waals surface area contributed by atoms with Gasteiger partial charge in [0, 0.05) is 0 Å². The monoisotopic (exact) mass is 368 g/mol. The van der Waals surface area contributed by atoms with E-state index in [-0.39, 0.29) is 11.5 Å². The lowest BCUT2D eigenvalue weighted by Gasteiger charge is -2.17. The van der Waals surface area contributed by atoms with Crippen LogP contribution in [-0.2, 0) is 9.53 Å². The molecule has 0 aliphatic carbocycles. The van der Waals surface area contributed by atoms with Gasteiger partial charge in [-0.1, -0.05) is 42.1 Å². The lowest BCUT2D eigenvalue weighted by atomic mass is 10.2. The summed E-state index contributed by atoms with van der Waals surface area (Å²) in [5, 5.41) is 0.547. The molecule has 1 heterocycles. The van der Waals surface area contributed by atoms with Crippen LogP contribution in [0.1, 0.15) is 19.4 Å². The SMILES string of the molecule is CCOC(=O)C(C)Sc1nc2ccccc2c(=O)n1-c1ccccc1C. The molecule has 26 heavy (non-hydrogen) atoms. The van der Waals surface area contributed by atoms with E-state index in [0.29, 0.717) is 22.7 Å². The van der Waals surface area contributed by atoms with Crippen molar-refractivity contribution in [3.05, 3.63) is 64.4 Å². The zero-order valence-corrected chi connectivity index (χ0v) is 15.7. The van der Waals surface area contributed by atoms with Gasteiger partial charge in [0.05, 0.1) is 23.2 Å². The van der Waals surface area contributed by atoms with Gasteiger partial charge in [-0.2, -0.15) is 0 Å². The summed E-state index contributed by atoms with van der Waals surface area (Å²) in [6, 6.07) is 14.9. The van der Waals surface area contributed by atoms with Crippen molar-refractivity contribution in [2.45, 2.75) is 31.2 Å². The quantitative estimate of drug-likeness (QED) is 0.390. The maximum atomic E-state index is 13.2. The molecular weight excluding hydrogens is 348 g/mol. The van der Waals surface area contributed by atoms with Gasteiger partial charge in [0.25, 0.3) is 5.56 Å². The molecule has 3 rings (SSSR count). The minimum absolute atomic E-state index is 0.150. The summed E-state index contributed by atoms with van der Waals surface area (Å²) >= 11 is 1.23. The molecule has 0 amide bonds. The third-order valence-corrected chi connectivity index (χ3v) is 5.03. The van der Waals surface area contributed by atoms with E-state index in [0.717, 1.165) is 11.3 Å². The molecule has 1 atom stereocenters. The predicted octanol–water partition coefficient (Wildman–Crippen LogP) is 3.74. The fourth-order valence-corrected chi connectivity index (χ4v) is 3.60. The summed E-state index contributed by atoms with van der Waals surface area (Å²) < 4.78 is 6.67. The average molecular weight is 368 g/mol. The van der Waals surface area contributed by atoms with E-state index >= 15 is 0 Å². The molecule has 0 radical (unpaired) electrons. The average Bonchev–Trinajstić information content (AvgIpc) is 2.63. The largest absolute Gasteiger partial charge is 0.465 e. The second-order valence-electron chi connectivity index (χ2n) is 5.85. The summed E-state index contributed by atoms with van der Waals surface area (Å²) in [6.07, 6.45) is 0. The van der Waals surface area contributed by atoms with Crippen LogP contribution in [0, 0.1) is 6.92 Å². The lowest BCUT2D eigenvalue weighted by molar-refractivity contribution is -0.142. The smallest absolute Gasteiger partial charge is 0.319 e. The standard InChI is InChI=1S/C20H20N2O3S/c1-4-25-19(24)14(3)26-20-21-16-11-7-6-10-15(16)18(23)22(20)17-12-8-5-9-13(17)2/h5-12,14H,4H2,1-3H3. The van der Waals surface area contributed by atoms with Gasteiger partial charge < -0.3 is 4.74 Å². The van der Waals surface area contributed by atoms with Crippen LogP contribution < -0.4 is 5.56 Å². The molecule has 0 N–H and O–H groups in total. The van der Waals surface area contributed by atoms with E-state index in [2.05, 4.69) is 4.98 Å². The highest BCUT2D eigenvalue weighted by atomic mass is 32.2. The Morgan fingerprint density at radius 1 is 1.19 bits per heavy atom. The number of aromatic nitrogens is 2. The van der Waals surface area contributed by atoms with E-state index in [1.54, 1.807) is 30.5 Å². The Morgan fingerprint density at radius 2 is 1.88 bits per heavy atom. The number of ether oxygens (including phenoxy) is 1. The van der Waals surface area contributed by atoms with Crippen LogP contribution in [0.15, 0.2) is 58.5 Å². The van der Waals surface area contributed by atoms with Crippen molar-refractivity contribution in [2.24, 2.45) is 0 Å². The summed E-state index contributed by atoms with van der Waals surface area (Å²) in [7, 11) is 0. The van der Waals surface area contributed by atoms with Crippen molar-refractivity contribution in [3.63, 3.8) is 0 Å². The maximum Gasteiger partial charge on any atom is 0.319 e. The molecule has 0 spiro atoms. The number of rotatable bonds is 5. The number of hydrogen-bond acceptors (Lipinski definition) is 5. The Labute approximate surface area is 156 Å². The van der Waals surface area contributed by atoms with Crippen molar-refractivity contribution in [3.8, 4) is 5.69 Å². The molecule has 2 aromatic carbocycles. The maximum absolute atomic E-state index is 13.2. The summed E-state index contributed by atoms with van der Waals surface area (Å²) in [5.41, 5.74) is 2.18. The summed E-state index contributed by atoms with van der Waals surface area (Å²) in [4.78, 5) is 29.9. The molecule has 1 aromatic heterocycles. The highest BCUT2D eigenvalue weighted by Gasteiger charge is 2.21. The molecule has 6 heteroatoms. The Hall–Kier alpha value is -2.60. The van der Waals surface area contributed by atoms with Gasteiger partial charge in [0.15, 0.2) is 5.16 Å². The van der Waals surface area contributed by atoms with Crippen LogP contribution in [0.25, 0.3) is 16.6 Å². The molecular formula is C20H20N2O3S. The van der Waals surface area contributed by atoms with E-state index in [1.807, 2.05) is 43.3 Å². The first-order valence-electron chi connectivity index (χ1n) is 8.44. The second-order valence-corrected chi connectivity index (χ2v) is 7.16. The molecule has 0 bridgehead atoms. The van der Waals surface area contributed by atoms with Crippen LogP contribution in [-0.4, -0.2) is 27.4 Å². The molecule has 0 aliphatic rings. The van der Waals surface area contributed by atoms with Gasteiger partial charge in [-0.05, 0) is 44.5 Å². The molecule has 0 fully saturated rings. The van der Waals surface area contributed by atoms with Gasteiger partial charge >= 0.3 is 5.97 Å². The van der Waals surface area contributed by atoms with Gasteiger partial charge in [-0.25, -0.2) is 4.98 Å². The number of carbonyl (C=O) groups excluding carboxylic acids is 1. The molecule has 1 unspecified atom stereocenters. The number of benzene rings is 2. The van der Waals surface area contributed by atoms with E-state index in [9.17, 15) is 9.59 Å². The Balaban J connectivity index is 2.20. The summed E-state index contributed by atoms with van der Waals surface area (Å²) in [5.74, 6) is -0.323. The Kier molecular flexibility index (Phi) is 5.42. The predicted molar refractivity (Wildman–Crippen MR) is 104 cm³/mol. The zero-order valence-electron chi connectivity index (χ0n) is 14.9. The molecule has 0 saturated heterocycles. The first-order chi connectivity index (χ1) is 12.5. The minimum atomic E-state index is -0.474. The topological polar surface area (TPSA) is 61.2 Å². The van der Waals surface area contributed by atoms with Crippen LogP contribution in [0.4, 0.5) is 0 Å². The van der Waals surface area contributed by atoms with Crippen LogP contribution in [0.2, 0.25) is 0 Å². The van der Waals surface area contributed by atoms with Gasteiger partial charge in [0.2, 0.25) is 0 Å². The molecule has 134 valence electrons. The number of para-hydroxylation sites is 2. The number of thioether (sulfide) groups is 1. The highest BCUT2D eigenvalue weighted by Crippen LogP contribution is 2.26. The van der Waals surface area contributed by atoms with Crippen molar-refractivity contribution in [1.82, 2.24) is 9.55 Å². The second kappa shape index (κ2) is 7.74. The van der Waals surface area contributed by atoms with Crippen LogP contribution in [0.5, 0.6) is 0 Å². The first-order valence-corrected chi connectivity index (χ1v) is 9.32. The van der Waals surface area contributed by atoms with Gasteiger partial charge in [-0.3, -0.25) is 14.2 Å². The molecule has 3 aromatic rings. The van der Waals surface area contributed by atoms with E-state index in [1.165, 1.54) is 11.8 Å². The van der Waals surface area contributed by atoms with Crippen molar-refractivity contribution in [2.75, 3.05) is 6.61 Å². The van der Waals surface area contributed by atoms with E-state index < -0.39 is 5.25 Å². The zero-order chi connectivity index (χ0) is 18.7. The minimum Gasteiger partial charge on any atom is -0.465 e. The fraction of sp³-hybridized carbons (Fsp3) is 0.250. The number of hydrogen-bond donors (Lipinski definition) is 0. The normalized spacial score (nSPS) is 12.1. The Bertz CT molecular complexity index is 1010. The van der Waals surface area contributed by atoms with Gasteiger partial charge in [0.1, 0.15) is 5.25 Å². The number of carbonyl (C=O) groups is 1. The van der Waals surface area contributed by atoms with Crippen molar-refractivity contribution in [1.29, 1.82) is 0 Å². The number of aryl methyl sites for hydroxylation is 1. The van der Waals surface area contributed by atoms with Crippen LogP contribution >= 0.6 is 11.8 Å². The van der Waals surface area contributed by atoms with E-state index in [4.69, 9.17) is 4.74 Å². The van der Waals surface area contributed by atoms with Crippen molar-refractivity contribution < 1.29 is 9.53 Å². The van der Waals surface area contributed by atoms with Crippen molar-refractivity contribution >= 4 is 28.6 Å². The molecule has 5 nitrogen and oxygen atoms in total. The Morgan fingerprint density at radius 3 is 2.62 bits per heavy atom. The number of esters is 1. The number of fused-ring (bicyclic) bond motifs is 1. The third kappa shape index (κ3) is 3.51. The summed E-state index contributed by atoms with van der Waals surface area (Å²) in [6.45, 7) is 5.79. The number of nitrogens with zero attached hydrogens (tertiary/aromatic N) is 2. The lowest BCUT2D eigenvalue weighted by Crippen LogP contribution is -2.24. The first kappa shape index (κ1) is 18.2. The molecule has 0 aliphatic heterocycles. The molecule has 0 saturated carbocycles. The van der Waals surface area contributed by atoms with Crippen LogP contribution in [0.3, 0.4) is 0 Å².